The van der Waals surface area contributed by atoms with Crippen LogP contribution in [0.5, 0.6) is 5.75 Å². The summed E-state index contributed by atoms with van der Waals surface area (Å²) in [7, 11) is 1.61. The largest absolute Gasteiger partial charge is 0.490 e. The van der Waals surface area contributed by atoms with Crippen LogP contribution in [0.3, 0.4) is 0 Å². The van der Waals surface area contributed by atoms with Crippen molar-refractivity contribution in [2.75, 3.05) is 20.3 Å². The Morgan fingerprint density at radius 2 is 2.27 bits per heavy atom. The van der Waals surface area contributed by atoms with Crippen LogP contribution in [-0.4, -0.2) is 31.8 Å². The summed E-state index contributed by atoms with van der Waals surface area (Å²) in [6.45, 7) is 1.60. The molecule has 15 heavy (non-hydrogen) atoms. The van der Waals surface area contributed by atoms with Crippen LogP contribution in [-0.2, 0) is 20.9 Å². The molecule has 0 spiro atoms. The Labute approximate surface area is 88.0 Å². The maximum absolute atomic E-state index is 9.93. The molecule has 5 heteroatoms. The second kappa shape index (κ2) is 6.78. The molecule has 0 aromatic carbocycles. The Morgan fingerprint density at radius 1 is 1.40 bits per heavy atom. The lowest BCUT2D eigenvalue weighted by molar-refractivity contribution is -0.129. The van der Waals surface area contributed by atoms with E-state index in [-0.39, 0.29) is 6.61 Å². The van der Waals surface area contributed by atoms with Crippen molar-refractivity contribution in [3.05, 3.63) is 24.0 Å². The van der Waals surface area contributed by atoms with E-state index in [0.29, 0.717) is 31.1 Å². The molecule has 0 amide bonds. The summed E-state index contributed by atoms with van der Waals surface area (Å²) in [5, 5.41) is 0. The van der Waals surface area contributed by atoms with Crippen molar-refractivity contribution in [1.82, 2.24) is 4.98 Å². The third-order valence-corrected chi connectivity index (χ3v) is 1.65. The van der Waals surface area contributed by atoms with Gasteiger partial charge in [0.1, 0.15) is 19.0 Å². The van der Waals surface area contributed by atoms with Gasteiger partial charge in [-0.05, 0) is 12.1 Å². The van der Waals surface area contributed by atoms with E-state index in [0.717, 1.165) is 0 Å². The number of methoxy groups -OCH3 is 1. The smallest absolute Gasteiger partial charge is 0.293 e. The van der Waals surface area contributed by atoms with Gasteiger partial charge in [0, 0.05) is 7.11 Å². The molecule has 82 valence electrons. The summed E-state index contributed by atoms with van der Waals surface area (Å²) in [6.07, 6.45) is 1.58. The molecule has 0 bridgehead atoms. The zero-order valence-corrected chi connectivity index (χ0v) is 8.51. The zero-order chi connectivity index (χ0) is 10.9. The first-order chi connectivity index (χ1) is 7.36. The van der Waals surface area contributed by atoms with Crippen LogP contribution in [0.25, 0.3) is 0 Å². The van der Waals surface area contributed by atoms with Crippen molar-refractivity contribution in [3.63, 3.8) is 0 Å². The fourth-order valence-electron chi connectivity index (χ4n) is 0.944. The Balaban J connectivity index is 2.38. The van der Waals surface area contributed by atoms with Crippen molar-refractivity contribution in [1.29, 1.82) is 0 Å². The van der Waals surface area contributed by atoms with Gasteiger partial charge in [0.05, 0.1) is 18.5 Å². The molecule has 0 aliphatic rings. The molecule has 0 saturated heterocycles. The number of rotatable bonds is 7. The molecule has 0 aliphatic carbocycles. The molecule has 0 saturated carbocycles. The first-order valence-corrected chi connectivity index (χ1v) is 4.48. The molecule has 0 fully saturated rings. The monoisotopic (exact) mass is 211 g/mol. The minimum absolute atomic E-state index is 0.182. The molecule has 5 nitrogen and oxygen atoms in total. The van der Waals surface area contributed by atoms with E-state index in [4.69, 9.17) is 9.47 Å². The normalized spacial score (nSPS) is 9.67. The number of hydrogen-bond acceptors (Lipinski definition) is 5. The molecule has 0 atom stereocenters. The van der Waals surface area contributed by atoms with Crippen molar-refractivity contribution in [2.24, 2.45) is 0 Å². The molecule has 0 aliphatic heterocycles. The van der Waals surface area contributed by atoms with Gasteiger partial charge in [-0.1, -0.05) is 0 Å². The number of aromatic nitrogens is 1. The van der Waals surface area contributed by atoms with Gasteiger partial charge in [0.25, 0.3) is 6.47 Å². The minimum Gasteiger partial charge on any atom is -0.490 e. The lowest BCUT2D eigenvalue weighted by atomic mass is 10.3. The molecular weight excluding hydrogens is 198 g/mol. The van der Waals surface area contributed by atoms with Gasteiger partial charge >= 0.3 is 0 Å². The average Bonchev–Trinajstić information content (AvgIpc) is 2.28. The van der Waals surface area contributed by atoms with Crippen molar-refractivity contribution in [2.45, 2.75) is 6.61 Å². The van der Waals surface area contributed by atoms with Gasteiger partial charge in [-0.2, -0.15) is 0 Å². The SMILES string of the molecule is COCCOc1ccc(COC=O)nc1. The maximum Gasteiger partial charge on any atom is 0.293 e. The topological polar surface area (TPSA) is 57.7 Å². The zero-order valence-electron chi connectivity index (χ0n) is 8.51. The van der Waals surface area contributed by atoms with E-state index in [1.807, 2.05) is 0 Å². The van der Waals surface area contributed by atoms with E-state index < -0.39 is 0 Å². The molecule has 0 radical (unpaired) electrons. The summed E-state index contributed by atoms with van der Waals surface area (Å²) in [4.78, 5) is 14.0. The second-order valence-electron chi connectivity index (χ2n) is 2.73. The van der Waals surface area contributed by atoms with Gasteiger partial charge < -0.3 is 14.2 Å². The van der Waals surface area contributed by atoms with Crippen LogP contribution in [0.15, 0.2) is 18.3 Å². The van der Waals surface area contributed by atoms with Gasteiger partial charge in [0.15, 0.2) is 0 Å². The van der Waals surface area contributed by atoms with Crippen LogP contribution < -0.4 is 4.74 Å². The fraction of sp³-hybridized carbons (Fsp3) is 0.400. The van der Waals surface area contributed by atoms with Gasteiger partial charge in [-0.15, -0.1) is 0 Å². The Hall–Kier alpha value is -1.62. The highest BCUT2D eigenvalue weighted by Crippen LogP contribution is 2.09. The molecule has 1 rings (SSSR count). The predicted octanol–water partition coefficient (Wildman–Crippen LogP) is 0.780. The van der Waals surface area contributed by atoms with Crippen LogP contribution in [0.4, 0.5) is 0 Å². The molecule has 1 heterocycles. The number of pyridine rings is 1. The van der Waals surface area contributed by atoms with Crippen LogP contribution >= 0.6 is 0 Å². The quantitative estimate of drug-likeness (QED) is 0.492. The summed E-state index contributed by atoms with van der Waals surface area (Å²) < 4.78 is 14.7. The summed E-state index contributed by atoms with van der Waals surface area (Å²) in [5.74, 6) is 0.668. The molecular formula is C10H13NO4. The van der Waals surface area contributed by atoms with Crippen molar-refractivity contribution < 1.29 is 19.0 Å². The highest BCUT2D eigenvalue weighted by molar-refractivity contribution is 5.37. The number of carbonyl (C=O) groups excluding carboxylic acids is 1. The average molecular weight is 211 g/mol. The molecule has 1 aromatic heterocycles. The van der Waals surface area contributed by atoms with E-state index in [1.165, 1.54) is 0 Å². The molecule has 0 unspecified atom stereocenters. The summed E-state index contributed by atoms with van der Waals surface area (Å²) >= 11 is 0. The Kier molecular flexibility index (Phi) is 5.18. The first kappa shape index (κ1) is 11.5. The number of carbonyl (C=O) groups is 1. The first-order valence-electron chi connectivity index (χ1n) is 4.48. The predicted molar refractivity (Wildman–Crippen MR) is 52.5 cm³/mol. The lowest BCUT2D eigenvalue weighted by Gasteiger charge is -2.05. The van der Waals surface area contributed by atoms with Crippen molar-refractivity contribution in [3.8, 4) is 5.75 Å². The highest BCUT2D eigenvalue weighted by Gasteiger charge is 1.96. The van der Waals surface area contributed by atoms with Gasteiger partial charge in [-0.25, -0.2) is 0 Å². The second-order valence-corrected chi connectivity index (χ2v) is 2.73. The van der Waals surface area contributed by atoms with E-state index in [2.05, 4.69) is 9.72 Å². The highest BCUT2D eigenvalue weighted by atomic mass is 16.5. The third-order valence-electron chi connectivity index (χ3n) is 1.65. The lowest BCUT2D eigenvalue weighted by Crippen LogP contribution is -2.04. The number of nitrogens with zero attached hydrogens (tertiary/aromatic N) is 1. The third kappa shape index (κ3) is 4.42. The molecule has 0 N–H and O–H groups in total. The van der Waals surface area contributed by atoms with Gasteiger partial charge in [-0.3, -0.25) is 9.78 Å². The maximum atomic E-state index is 9.93. The fourth-order valence-corrected chi connectivity index (χ4v) is 0.944. The van der Waals surface area contributed by atoms with Crippen LogP contribution in [0.2, 0.25) is 0 Å². The standard InChI is InChI=1S/C10H13NO4/c1-13-4-5-15-10-3-2-9(11-6-10)7-14-8-12/h2-3,6,8H,4-5,7H2,1H3. The number of hydrogen-bond donors (Lipinski definition) is 0. The van der Waals surface area contributed by atoms with E-state index in [9.17, 15) is 4.79 Å². The van der Waals surface area contributed by atoms with Crippen molar-refractivity contribution >= 4 is 6.47 Å². The van der Waals surface area contributed by atoms with Crippen LogP contribution in [0.1, 0.15) is 5.69 Å². The minimum atomic E-state index is 0.182. The van der Waals surface area contributed by atoms with Crippen LogP contribution in [0, 0.1) is 0 Å². The Bertz CT molecular complexity index is 286. The summed E-state index contributed by atoms with van der Waals surface area (Å²) in [6, 6.07) is 3.51. The Morgan fingerprint density at radius 3 is 2.87 bits per heavy atom. The molecule has 1 aromatic rings. The number of ether oxygens (including phenoxy) is 3. The van der Waals surface area contributed by atoms with E-state index >= 15 is 0 Å². The summed E-state index contributed by atoms with van der Waals surface area (Å²) in [5.41, 5.74) is 0.682. The van der Waals surface area contributed by atoms with Gasteiger partial charge in [0.2, 0.25) is 0 Å². The van der Waals surface area contributed by atoms with E-state index in [1.54, 1.807) is 25.4 Å².